The van der Waals surface area contributed by atoms with Gasteiger partial charge in [-0.25, -0.2) is 0 Å². The fraction of sp³-hybridized carbons (Fsp3) is 0.611. The lowest BCUT2D eigenvalue weighted by Crippen LogP contribution is -2.65. The number of hydrogen-bond acceptors (Lipinski definition) is 6. The van der Waals surface area contributed by atoms with Crippen LogP contribution in [0.15, 0.2) is 48.5 Å². The third-order valence-electron chi connectivity index (χ3n) is 10.7. The van der Waals surface area contributed by atoms with Crippen LogP contribution < -0.4 is 14.8 Å². The van der Waals surface area contributed by atoms with Crippen LogP contribution in [0.3, 0.4) is 0 Å². The Morgan fingerprint density at radius 1 is 1.05 bits per heavy atom. The Hall–Kier alpha value is -2.84. The van der Waals surface area contributed by atoms with Gasteiger partial charge < -0.3 is 24.1 Å². The summed E-state index contributed by atoms with van der Waals surface area (Å²) in [5.74, 6) is 2.01. The predicted octanol–water partition coefficient (Wildman–Crippen LogP) is 6.25. The van der Waals surface area contributed by atoms with Crippen LogP contribution in [-0.4, -0.2) is 50.7 Å². The average Bonchev–Trinajstić information content (AvgIpc) is 3.36. The minimum absolute atomic E-state index is 0.0419. The van der Waals surface area contributed by atoms with E-state index in [1.54, 1.807) is 14.2 Å². The SMILES string of the molecule is COc1ccc(OC)c(CCC(=O)C[C@@H](Cc2ccccc2)C(=O)N[C@@H](CC(C)C)B2OC3CC4CC(C4(C)C)[C@]3(C)O2)c1. The molecule has 1 N–H and O–H groups in total. The van der Waals surface area contributed by atoms with Crippen LogP contribution in [0.1, 0.15) is 77.8 Å². The second kappa shape index (κ2) is 13.3. The standard InChI is InChI=1S/C36H50BNO6/c1-23(2)17-33(37-43-32-22-27-21-31(35(27,3)4)36(32,5)44-37)38-34(40)26(18-24-11-9-8-10-12-24)19-28(39)14-13-25-20-29(41-6)15-16-30(25)42-7/h8-12,15-16,20,23,26-27,31-33H,13-14,17-19,21-22H2,1-7H3,(H,38,40)/t26-,27?,31?,32?,33+,36+/m1/s1. The lowest BCUT2D eigenvalue weighted by Gasteiger charge is -2.64. The van der Waals surface area contributed by atoms with E-state index in [2.05, 4.69) is 39.9 Å². The number of carbonyl (C=O) groups excluding carboxylic acids is 2. The maximum absolute atomic E-state index is 14.0. The zero-order valence-corrected chi connectivity index (χ0v) is 27.6. The first-order valence-electron chi connectivity index (χ1n) is 16.3. The summed E-state index contributed by atoms with van der Waals surface area (Å²) < 4.78 is 24.3. The molecule has 1 saturated heterocycles. The summed E-state index contributed by atoms with van der Waals surface area (Å²) in [5, 5.41) is 3.32. The van der Waals surface area contributed by atoms with Crippen molar-refractivity contribution in [2.24, 2.45) is 29.1 Å². The highest BCUT2D eigenvalue weighted by atomic mass is 16.7. The monoisotopic (exact) mass is 603 g/mol. The topological polar surface area (TPSA) is 83.1 Å². The number of carbonyl (C=O) groups is 2. The number of Topliss-reactive ketones (excluding diaryl/α,β-unsaturated/α-hetero) is 1. The molecule has 2 bridgehead atoms. The van der Waals surface area contributed by atoms with Gasteiger partial charge in [0.1, 0.15) is 17.3 Å². The van der Waals surface area contributed by atoms with Crippen molar-refractivity contribution in [2.75, 3.05) is 14.2 Å². The number of nitrogens with one attached hydrogen (secondary N) is 1. The van der Waals surface area contributed by atoms with E-state index >= 15 is 0 Å². The molecule has 2 aromatic carbocycles. The van der Waals surface area contributed by atoms with Gasteiger partial charge in [-0.2, -0.15) is 0 Å². The third kappa shape index (κ3) is 6.72. The van der Waals surface area contributed by atoms with Crippen molar-refractivity contribution < 1.29 is 28.4 Å². The van der Waals surface area contributed by atoms with Gasteiger partial charge in [0.15, 0.2) is 0 Å². The van der Waals surface area contributed by atoms with Crippen LogP contribution in [-0.2, 0) is 31.7 Å². The number of rotatable bonds is 14. The smallest absolute Gasteiger partial charge is 0.481 e. The first kappa shape index (κ1) is 32.6. The van der Waals surface area contributed by atoms with Crippen molar-refractivity contribution in [2.45, 2.75) is 97.2 Å². The summed E-state index contributed by atoms with van der Waals surface area (Å²) in [6.45, 7) is 11.2. The molecule has 238 valence electrons. The number of hydrogen-bond donors (Lipinski definition) is 1. The molecule has 1 aliphatic heterocycles. The van der Waals surface area contributed by atoms with Gasteiger partial charge in [0.25, 0.3) is 0 Å². The molecule has 6 rings (SSSR count). The summed E-state index contributed by atoms with van der Waals surface area (Å²) >= 11 is 0. The Bertz CT molecular complexity index is 1310. The van der Waals surface area contributed by atoms with E-state index in [0.717, 1.165) is 35.5 Å². The van der Waals surface area contributed by atoms with Crippen LogP contribution >= 0.6 is 0 Å². The van der Waals surface area contributed by atoms with Crippen LogP contribution in [0, 0.1) is 29.1 Å². The molecule has 44 heavy (non-hydrogen) atoms. The number of ether oxygens (including phenoxy) is 2. The van der Waals surface area contributed by atoms with E-state index in [-0.39, 0.29) is 41.2 Å². The molecule has 3 saturated carbocycles. The largest absolute Gasteiger partial charge is 0.497 e. The lowest BCUT2D eigenvalue weighted by molar-refractivity contribution is -0.199. The minimum atomic E-state index is -0.502. The molecule has 6 atom stereocenters. The zero-order chi connectivity index (χ0) is 31.6. The molecule has 4 aliphatic rings. The quantitative estimate of drug-likeness (QED) is 0.257. The Morgan fingerprint density at radius 2 is 1.80 bits per heavy atom. The highest BCUT2D eigenvalue weighted by Crippen LogP contribution is 2.65. The van der Waals surface area contributed by atoms with Gasteiger partial charge in [0.2, 0.25) is 5.91 Å². The van der Waals surface area contributed by atoms with Gasteiger partial charge in [0, 0.05) is 18.8 Å². The Kier molecular flexibility index (Phi) is 9.81. The minimum Gasteiger partial charge on any atom is -0.497 e. The zero-order valence-electron chi connectivity index (χ0n) is 27.6. The van der Waals surface area contributed by atoms with E-state index in [1.807, 2.05) is 48.5 Å². The van der Waals surface area contributed by atoms with Gasteiger partial charge >= 0.3 is 7.12 Å². The van der Waals surface area contributed by atoms with Crippen molar-refractivity contribution in [1.29, 1.82) is 0 Å². The number of aryl methyl sites for hydroxylation is 1. The number of methoxy groups -OCH3 is 2. The first-order chi connectivity index (χ1) is 20.9. The molecular weight excluding hydrogens is 553 g/mol. The van der Waals surface area contributed by atoms with Gasteiger partial charge in [-0.1, -0.05) is 58.0 Å². The average molecular weight is 604 g/mol. The Morgan fingerprint density at radius 3 is 2.45 bits per heavy atom. The normalized spacial score (nSPS) is 26.4. The molecule has 8 heteroatoms. The molecule has 4 fully saturated rings. The van der Waals surface area contributed by atoms with Crippen LogP contribution in [0.5, 0.6) is 11.5 Å². The molecular formula is C36H50BNO6. The van der Waals surface area contributed by atoms with Crippen molar-refractivity contribution in [1.82, 2.24) is 5.32 Å². The maximum atomic E-state index is 14.0. The number of amides is 1. The molecule has 3 aliphatic carbocycles. The van der Waals surface area contributed by atoms with Gasteiger partial charge in [0.05, 0.1) is 31.9 Å². The van der Waals surface area contributed by atoms with Crippen molar-refractivity contribution in [3.05, 3.63) is 59.7 Å². The van der Waals surface area contributed by atoms with Crippen molar-refractivity contribution in [3.8, 4) is 11.5 Å². The lowest BCUT2D eigenvalue weighted by atomic mass is 9.43. The molecule has 0 aromatic heterocycles. The predicted molar refractivity (Wildman–Crippen MR) is 173 cm³/mol. The molecule has 7 nitrogen and oxygen atoms in total. The molecule has 0 radical (unpaired) electrons. The Balaban J connectivity index is 1.29. The van der Waals surface area contributed by atoms with Crippen LogP contribution in [0.25, 0.3) is 0 Å². The molecule has 0 spiro atoms. The molecule has 2 aromatic rings. The van der Waals surface area contributed by atoms with Crippen molar-refractivity contribution in [3.63, 3.8) is 0 Å². The van der Waals surface area contributed by atoms with E-state index in [9.17, 15) is 9.59 Å². The molecule has 1 heterocycles. The van der Waals surface area contributed by atoms with E-state index in [0.29, 0.717) is 37.0 Å². The fourth-order valence-electron chi connectivity index (χ4n) is 8.00. The van der Waals surface area contributed by atoms with Crippen molar-refractivity contribution >= 4 is 18.8 Å². The van der Waals surface area contributed by atoms with E-state index in [1.165, 1.54) is 6.42 Å². The Labute approximate surface area is 263 Å². The summed E-state index contributed by atoms with van der Waals surface area (Å²) in [6, 6.07) is 15.5. The summed E-state index contributed by atoms with van der Waals surface area (Å²) in [4.78, 5) is 27.5. The second-order valence-corrected chi connectivity index (χ2v) is 14.4. The highest BCUT2D eigenvalue weighted by molar-refractivity contribution is 6.47. The number of ketones is 1. The van der Waals surface area contributed by atoms with Crippen LogP contribution in [0.4, 0.5) is 0 Å². The summed E-state index contributed by atoms with van der Waals surface area (Å²) in [7, 11) is 2.74. The van der Waals surface area contributed by atoms with Gasteiger partial charge in [-0.3, -0.25) is 9.59 Å². The van der Waals surface area contributed by atoms with Crippen LogP contribution in [0.2, 0.25) is 0 Å². The number of benzene rings is 2. The highest BCUT2D eigenvalue weighted by Gasteiger charge is 2.68. The molecule has 3 unspecified atom stereocenters. The van der Waals surface area contributed by atoms with E-state index < -0.39 is 13.0 Å². The summed E-state index contributed by atoms with van der Waals surface area (Å²) in [5.41, 5.74) is 1.84. The second-order valence-electron chi connectivity index (χ2n) is 14.4. The first-order valence-corrected chi connectivity index (χ1v) is 16.3. The molecule has 1 amide bonds. The van der Waals surface area contributed by atoms with E-state index in [4.69, 9.17) is 18.8 Å². The maximum Gasteiger partial charge on any atom is 0.481 e. The fourth-order valence-corrected chi connectivity index (χ4v) is 8.00. The van der Waals surface area contributed by atoms with Gasteiger partial charge in [-0.05, 0) is 91.5 Å². The van der Waals surface area contributed by atoms with Gasteiger partial charge in [-0.15, -0.1) is 0 Å². The third-order valence-corrected chi connectivity index (χ3v) is 10.7. The summed E-state index contributed by atoms with van der Waals surface area (Å²) in [6.07, 6.45) is 4.43.